The third kappa shape index (κ3) is 9.23. The van der Waals surface area contributed by atoms with Gasteiger partial charge in [-0.3, -0.25) is 9.35 Å². The molecule has 0 radical (unpaired) electrons. The van der Waals surface area contributed by atoms with E-state index in [0.29, 0.717) is 0 Å². The van der Waals surface area contributed by atoms with Crippen molar-refractivity contribution < 1.29 is 52.6 Å². The molecule has 0 spiro atoms. The van der Waals surface area contributed by atoms with Crippen molar-refractivity contribution in [3.63, 3.8) is 0 Å². The average molecular weight is 457 g/mol. The zero-order valence-corrected chi connectivity index (χ0v) is 16.9. The molecule has 0 fully saturated rings. The number of nitrogens with two attached hydrogens (primary N) is 1. The first-order valence-electron chi connectivity index (χ1n) is 7.87. The van der Waals surface area contributed by atoms with Gasteiger partial charge < -0.3 is 41.7 Å². The number of hydrogen-bond acceptors (Lipinski definition) is 11. The standard InChI is InChI=1S/C13H28N2O11S.ClH/c1-12(2,14)8(18)4-3-5-15-11(21)13(22,26-27(23,24)25)10(20)9(19)7(17)6-16;/h7-10,16-20,22H,3-6,14H2,1-2H3,(H,15,21)(H,23,24,25);1H/t7-,8?,9-,10+,13+;/m1./s1. The Morgan fingerprint density at radius 3 is 2.11 bits per heavy atom. The second-order valence-corrected chi connectivity index (χ2v) is 7.65. The maximum atomic E-state index is 12.1. The molecule has 0 rings (SSSR count). The third-order valence-corrected chi connectivity index (χ3v) is 4.13. The molecule has 15 heteroatoms. The fourth-order valence-corrected chi connectivity index (χ4v) is 2.42. The Hall–Kier alpha value is -0.650. The molecule has 0 bridgehead atoms. The molecule has 0 aromatic carbocycles. The summed E-state index contributed by atoms with van der Waals surface area (Å²) in [6, 6.07) is 0. The van der Waals surface area contributed by atoms with Crippen molar-refractivity contribution in [1.82, 2.24) is 5.32 Å². The van der Waals surface area contributed by atoms with Crippen LogP contribution in [0.15, 0.2) is 0 Å². The summed E-state index contributed by atoms with van der Waals surface area (Å²) in [6.45, 7) is 1.79. The van der Waals surface area contributed by atoms with Crippen LogP contribution in [0.4, 0.5) is 0 Å². The molecule has 0 aromatic rings. The topological polar surface area (TPSA) is 240 Å². The van der Waals surface area contributed by atoms with E-state index in [1.165, 1.54) is 0 Å². The van der Waals surface area contributed by atoms with Gasteiger partial charge in [-0.25, -0.2) is 4.18 Å². The highest BCUT2D eigenvalue weighted by Crippen LogP contribution is 2.21. The zero-order chi connectivity index (χ0) is 21.6. The lowest BCUT2D eigenvalue weighted by atomic mass is 9.95. The van der Waals surface area contributed by atoms with E-state index in [0.717, 1.165) is 0 Å². The van der Waals surface area contributed by atoms with Gasteiger partial charge in [0.25, 0.3) is 11.7 Å². The van der Waals surface area contributed by atoms with Crippen LogP contribution in [-0.2, 0) is 19.4 Å². The molecule has 10 N–H and O–H groups in total. The number of carbonyl (C=O) groups excluding carboxylic acids is 1. The molecule has 0 aliphatic rings. The molecule has 0 heterocycles. The summed E-state index contributed by atoms with van der Waals surface area (Å²) in [4.78, 5) is 12.1. The maximum absolute atomic E-state index is 12.1. The SMILES string of the molecule is CC(C)(N)C(O)CCCNC(=O)[C@@](O)(OS(=O)(=O)O)[C@@H](O)[C@H](O)[C@H](O)CO.Cl. The van der Waals surface area contributed by atoms with Gasteiger partial charge in [-0.05, 0) is 26.7 Å². The van der Waals surface area contributed by atoms with E-state index in [1.54, 1.807) is 13.8 Å². The zero-order valence-electron chi connectivity index (χ0n) is 15.3. The highest BCUT2D eigenvalue weighted by atomic mass is 35.5. The van der Waals surface area contributed by atoms with Gasteiger partial charge in [-0.2, -0.15) is 8.42 Å². The summed E-state index contributed by atoms with van der Waals surface area (Å²) in [6.07, 6.45) is -7.94. The van der Waals surface area contributed by atoms with Crippen LogP contribution < -0.4 is 11.1 Å². The molecule has 5 atom stereocenters. The second kappa shape index (κ2) is 11.5. The highest BCUT2D eigenvalue weighted by Gasteiger charge is 2.52. The summed E-state index contributed by atoms with van der Waals surface area (Å²) in [5.74, 6) is -5.38. The van der Waals surface area contributed by atoms with Crippen molar-refractivity contribution >= 4 is 28.7 Å². The fraction of sp³-hybridized carbons (Fsp3) is 0.923. The predicted octanol–water partition coefficient (Wildman–Crippen LogP) is -4.01. The van der Waals surface area contributed by atoms with E-state index in [9.17, 15) is 38.7 Å². The van der Waals surface area contributed by atoms with Crippen molar-refractivity contribution in [2.24, 2.45) is 5.73 Å². The Bertz CT molecular complexity index is 586. The summed E-state index contributed by atoms with van der Waals surface area (Å²) in [7, 11) is -5.48. The van der Waals surface area contributed by atoms with E-state index < -0.39 is 58.7 Å². The van der Waals surface area contributed by atoms with Crippen molar-refractivity contribution in [3.05, 3.63) is 0 Å². The molecule has 1 amide bonds. The molecular formula is C13H29ClN2O11S. The number of halogens is 1. The minimum Gasteiger partial charge on any atom is -0.394 e. The molecule has 0 saturated carbocycles. The number of rotatable bonds is 12. The lowest BCUT2D eigenvalue weighted by Crippen LogP contribution is -2.63. The Morgan fingerprint density at radius 2 is 1.71 bits per heavy atom. The van der Waals surface area contributed by atoms with E-state index in [4.69, 9.17) is 15.4 Å². The monoisotopic (exact) mass is 456 g/mol. The van der Waals surface area contributed by atoms with Gasteiger partial charge in [0.05, 0.1) is 12.7 Å². The van der Waals surface area contributed by atoms with Gasteiger partial charge in [0.15, 0.2) is 0 Å². The number of nitrogens with one attached hydrogen (secondary N) is 1. The number of carbonyl (C=O) groups is 1. The first-order chi connectivity index (χ1) is 12.1. The Morgan fingerprint density at radius 1 is 1.21 bits per heavy atom. The Kier molecular flexibility index (Phi) is 12.2. The van der Waals surface area contributed by atoms with Gasteiger partial charge in [-0.1, -0.05) is 0 Å². The largest absolute Gasteiger partial charge is 0.400 e. The predicted molar refractivity (Wildman–Crippen MR) is 96.5 cm³/mol. The molecule has 28 heavy (non-hydrogen) atoms. The number of hydrogen-bond donors (Lipinski definition) is 9. The van der Waals surface area contributed by atoms with Crippen LogP contribution in [0.1, 0.15) is 26.7 Å². The van der Waals surface area contributed by atoms with Crippen molar-refractivity contribution in [3.8, 4) is 0 Å². The number of aliphatic hydroxyl groups is 6. The third-order valence-electron chi connectivity index (χ3n) is 3.66. The normalized spacial score (nSPS) is 18.9. The van der Waals surface area contributed by atoms with Crippen LogP contribution in [0.3, 0.4) is 0 Å². The molecule has 0 aliphatic carbocycles. The lowest BCUT2D eigenvalue weighted by Gasteiger charge is -2.33. The maximum Gasteiger partial charge on any atom is 0.400 e. The van der Waals surface area contributed by atoms with Crippen molar-refractivity contribution in [2.75, 3.05) is 13.2 Å². The van der Waals surface area contributed by atoms with E-state index in [1.807, 2.05) is 5.32 Å². The Balaban J connectivity index is 0. The van der Waals surface area contributed by atoms with Crippen LogP contribution in [0.5, 0.6) is 0 Å². The molecule has 1 unspecified atom stereocenters. The van der Waals surface area contributed by atoms with Gasteiger partial charge in [-0.15, -0.1) is 12.4 Å². The molecule has 170 valence electrons. The molecule has 0 saturated heterocycles. The first-order valence-corrected chi connectivity index (χ1v) is 9.23. The number of aliphatic hydroxyl groups excluding tert-OH is 5. The van der Waals surface area contributed by atoms with Crippen molar-refractivity contribution in [2.45, 2.75) is 62.4 Å². The lowest BCUT2D eigenvalue weighted by molar-refractivity contribution is -0.236. The summed E-state index contributed by atoms with van der Waals surface area (Å²) < 4.78 is 34.3. The smallest absolute Gasteiger partial charge is 0.394 e. The van der Waals surface area contributed by atoms with Gasteiger partial charge in [0.1, 0.15) is 18.3 Å². The second-order valence-electron chi connectivity index (χ2n) is 6.63. The molecule has 13 nitrogen and oxygen atoms in total. The average Bonchev–Trinajstić information content (AvgIpc) is 2.53. The van der Waals surface area contributed by atoms with Crippen LogP contribution >= 0.6 is 12.4 Å². The summed E-state index contributed by atoms with van der Waals surface area (Å²) in [5, 5.41) is 59.3. The highest BCUT2D eigenvalue weighted by molar-refractivity contribution is 7.81. The van der Waals surface area contributed by atoms with Crippen molar-refractivity contribution in [1.29, 1.82) is 0 Å². The van der Waals surface area contributed by atoms with Gasteiger partial charge in [0, 0.05) is 12.1 Å². The quantitative estimate of drug-likeness (QED) is 0.0774. The van der Waals surface area contributed by atoms with Gasteiger partial charge >= 0.3 is 10.4 Å². The minimum atomic E-state index is -5.48. The first kappa shape index (κ1) is 29.6. The van der Waals surface area contributed by atoms with E-state index in [2.05, 4.69) is 4.18 Å². The van der Waals surface area contributed by atoms with Crippen LogP contribution in [-0.4, -0.2) is 98.4 Å². The van der Waals surface area contributed by atoms with Crippen LogP contribution in [0, 0.1) is 0 Å². The fourth-order valence-electron chi connectivity index (χ4n) is 1.93. The molecule has 0 aliphatic heterocycles. The van der Waals surface area contributed by atoms with Gasteiger partial charge in [0.2, 0.25) is 0 Å². The summed E-state index contributed by atoms with van der Waals surface area (Å²) in [5.41, 5.74) is 4.76. The summed E-state index contributed by atoms with van der Waals surface area (Å²) >= 11 is 0. The molecular weight excluding hydrogens is 428 g/mol. The van der Waals surface area contributed by atoms with Crippen LogP contribution in [0.2, 0.25) is 0 Å². The van der Waals surface area contributed by atoms with E-state index in [-0.39, 0.29) is 31.8 Å². The van der Waals surface area contributed by atoms with E-state index >= 15 is 0 Å². The van der Waals surface area contributed by atoms with Crippen LogP contribution in [0.25, 0.3) is 0 Å². The number of amides is 1. The minimum absolute atomic E-state index is 0. The Labute approximate surface area is 168 Å². The molecule has 0 aromatic heterocycles.